The van der Waals surface area contributed by atoms with Gasteiger partial charge in [0, 0.05) is 46.5 Å². The molecule has 4 aromatic rings. The van der Waals surface area contributed by atoms with E-state index in [0.717, 1.165) is 31.2 Å². The summed E-state index contributed by atoms with van der Waals surface area (Å²) >= 11 is 0. The number of benzene rings is 4. The van der Waals surface area contributed by atoms with E-state index in [2.05, 4.69) is 24.9 Å². The molecule has 0 amide bonds. The monoisotopic (exact) mass is 586 g/mol. The smallest absolute Gasteiger partial charge is 0.269 e. The number of aryl methyl sites for hydroxylation is 2. The molecule has 0 saturated carbocycles. The molecule has 0 aliphatic heterocycles. The van der Waals surface area contributed by atoms with E-state index >= 15 is 0 Å². The Kier molecular flexibility index (Phi) is 13.8. The normalized spacial score (nSPS) is 10.5. The Labute approximate surface area is 249 Å². The molecule has 4 N–H and O–H groups in total. The van der Waals surface area contributed by atoms with Crippen LogP contribution in [0.3, 0.4) is 0 Å². The van der Waals surface area contributed by atoms with E-state index in [0.29, 0.717) is 22.4 Å². The van der Waals surface area contributed by atoms with Gasteiger partial charge in [0.1, 0.15) is 5.71 Å². The molecule has 0 bridgehead atoms. The van der Waals surface area contributed by atoms with Gasteiger partial charge in [-0.25, -0.2) is 5.90 Å². The van der Waals surface area contributed by atoms with Gasteiger partial charge >= 0.3 is 0 Å². The standard InChI is InChI=1S/C16H16N2O3.C16H15NO3.H3NO/c1-2-3-12-4-6-13(7-5-12)16(17-19)14-8-10-15(11-9-14)18(20)21;1-2-3-12-4-6-13(7-5-12)16(18)14-8-10-15(11-9-14)17(19)20;1-2/h4-11,19H,2-3H2,1H3;4-11H,2-3H2,1H3;2H,1H2/b17-16-;;. The third-order valence-corrected chi connectivity index (χ3v) is 6.31. The first kappa shape index (κ1) is 33.9. The molecule has 11 heteroatoms. The number of nitro benzene ring substituents is 2. The number of ketones is 1. The van der Waals surface area contributed by atoms with E-state index in [1.807, 2.05) is 36.4 Å². The molecule has 0 aliphatic rings. The van der Waals surface area contributed by atoms with Crippen molar-refractivity contribution < 1.29 is 25.1 Å². The lowest BCUT2D eigenvalue weighted by molar-refractivity contribution is -0.385. The van der Waals surface area contributed by atoms with Gasteiger partial charge in [-0.3, -0.25) is 25.0 Å². The molecule has 0 heterocycles. The summed E-state index contributed by atoms with van der Waals surface area (Å²) in [5.74, 6) is 3.38. The highest BCUT2D eigenvalue weighted by molar-refractivity contribution is 6.12. The fourth-order valence-corrected chi connectivity index (χ4v) is 4.15. The molecule has 4 aromatic carbocycles. The maximum absolute atomic E-state index is 12.2. The van der Waals surface area contributed by atoms with Crippen LogP contribution in [0.15, 0.2) is 102 Å². The van der Waals surface area contributed by atoms with Crippen molar-refractivity contribution in [1.82, 2.24) is 0 Å². The van der Waals surface area contributed by atoms with Crippen molar-refractivity contribution in [3.8, 4) is 0 Å². The predicted molar refractivity (Wildman–Crippen MR) is 164 cm³/mol. The summed E-state index contributed by atoms with van der Waals surface area (Å²) in [6, 6.07) is 26.9. The molecule has 224 valence electrons. The van der Waals surface area contributed by atoms with E-state index in [9.17, 15) is 30.2 Å². The van der Waals surface area contributed by atoms with Gasteiger partial charge in [-0.15, -0.1) is 0 Å². The van der Waals surface area contributed by atoms with Crippen molar-refractivity contribution in [3.63, 3.8) is 0 Å². The van der Waals surface area contributed by atoms with Crippen LogP contribution in [0.25, 0.3) is 0 Å². The molecular formula is C32H34N4O7. The van der Waals surface area contributed by atoms with Crippen LogP contribution >= 0.6 is 0 Å². The maximum atomic E-state index is 12.2. The molecule has 0 aliphatic carbocycles. The van der Waals surface area contributed by atoms with Gasteiger partial charge in [-0.1, -0.05) is 80.4 Å². The van der Waals surface area contributed by atoms with Crippen LogP contribution < -0.4 is 5.90 Å². The highest BCUT2D eigenvalue weighted by Gasteiger charge is 2.12. The topological polar surface area (TPSA) is 182 Å². The first-order valence-corrected chi connectivity index (χ1v) is 13.5. The van der Waals surface area contributed by atoms with Gasteiger partial charge in [0.05, 0.1) is 9.85 Å². The van der Waals surface area contributed by atoms with Crippen LogP contribution in [0.4, 0.5) is 11.4 Å². The Morgan fingerprint density at radius 3 is 1.23 bits per heavy atom. The van der Waals surface area contributed by atoms with Crippen LogP contribution in [-0.4, -0.2) is 31.8 Å². The minimum atomic E-state index is -0.478. The van der Waals surface area contributed by atoms with Crippen molar-refractivity contribution in [2.75, 3.05) is 0 Å². The van der Waals surface area contributed by atoms with Crippen molar-refractivity contribution >= 4 is 22.9 Å². The number of carbonyl (C=O) groups excluding carboxylic acids is 1. The molecule has 0 radical (unpaired) electrons. The van der Waals surface area contributed by atoms with Crippen LogP contribution in [0.5, 0.6) is 0 Å². The average Bonchev–Trinajstić information content (AvgIpc) is 3.04. The third-order valence-electron chi connectivity index (χ3n) is 6.31. The maximum Gasteiger partial charge on any atom is 0.269 e. The van der Waals surface area contributed by atoms with Gasteiger partial charge in [-0.2, -0.15) is 0 Å². The van der Waals surface area contributed by atoms with Gasteiger partial charge in [0.15, 0.2) is 5.78 Å². The number of nitrogens with two attached hydrogens (primary N) is 1. The van der Waals surface area contributed by atoms with E-state index in [1.54, 1.807) is 24.3 Å². The van der Waals surface area contributed by atoms with Gasteiger partial charge < -0.3 is 10.4 Å². The molecule has 0 fully saturated rings. The Morgan fingerprint density at radius 1 is 0.628 bits per heavy atom. The third kappa shape index (κ3) is 9.95. The van der Waals surface area contributed by atoms with Crippen LogP contribution in [0.1, 0.15) is 64.9 Å². The lowest BCUT2D eigenvalue weighted by Crippen LogP contribution is -2.03. The lowest BCUT2D eigenvalue weighted by Gasteiger charge is -2.06. The number of nitrogens with zero attached hydrogens (tertiary/aromatic N) is 3. The predicted octanol–water partition coefficient (Wildman–Crippen LogP) is 6.89. The first-order valence-electron chi connectivity index (χ1n) is 13.5. The number of oxime groups is 1. The molecule has 0 spiro atoms. The first-order chi connectivity index (χ1) is 20.8. The Bertz CT molecular complexity index is 1500. The highest BCUT2D eigenvalue weighted by Crippen LogP contribution is 2.18. The fraction of sp³-hybridized carbons (Fsp3) is 0.188. The van der Waals surface area contributed by atoms with Gasteiger partial charge in [0.2, 0.25) is 0 Å². The minimum absolute atomic E-state index is 0.00864. The van der Waals surface area contributed by atoms with E-state index < -0.39 is 9.85 Å². The van der Waals surface area contributed by atoms with Crippen molar-refractivity contribution in [1.29, 1.82) is 0 Å². The Balaban J connectivity index is 0.000000284. The molecule has 43 heavy (non-hydrogen) atoms. The number of hydrogen-bond donors (Lipinski definition) is 3. The van der Waals surface area contributed by atoms with Crippen molar-refractivity contribution in [2.45, 2.75) is 39.5 Å². The minimum Gasteiger partial charge on any atom is -0.410 e. The fourth-order valence-electron chi connectivity index (χ4n) is 4.15. The van der Waals surface area contributed by atoms with Gasteiger partial charge in [0.25, 0.3) is 11.4 Å². The molecule has 0 saturated heterocycles. The summed E-state index contributed by atoms with van der Waals surface area (Å²) in [4.78, 5) is 32.5. The Hall–Kier alpha value is -5.26. The number of nitro groups is 2. The SMILES string of the molecule is CCCc1ccc(/C(=N/O)c2ccc([N+](=O)[O-])cc2)cc1.CCCc1ccc(C(=O)c2ccc([N+](=O)[O-])cc2)cc1.NO. The number of rotatable bonds is 10. The average molecular weight is 587 g/mol. The number of non-ortho nitro benzene ring substituents is 2. The van der Waals surface area contributed by atoms with E-state index in [1.165, 1.54) is 47.5 Å². The number of carbonyl (C=O) groups is 1. The molecule has 4 rings (SSSR count). The highest BCUT2D eigenvalue weighted by atomic mass is 16.6. The zero-order valence-corrected chi connectivity index (χ0v) is 23.9. The molecule has 0 aromatic heterocycles. The quantitative estimate of drug-likeness (QED) is 0.0590. The zero-order valence-electron chi connectivity index (χ0n) is 23.9. The summed E-state index contributed by atoms with van der Waals surface area (Å²) in [7, 11) is 0. The molecule has 11 nitrogen and oxygen atoms in total. The second kappa shape index (κ2) is 17.5. The summed E-state index contributed by atoms with van der Waals surface area (Å²) in [5, 5.41) is 40.3. The summed E-state index contributed by atoms with van der Waals surface area (Å²) in [6.07, 6.45) is 4.13. The second-order valence-electron chi connectivity index (χ2n) is 9.28. The summed E-state index contributed by atoms with van der Waals surface area (Å²) < 4.78 is 0. The van der Waals surface area contributed by atoms with Crippen molar-refractivity contribution in [2.24, 2.45) is 11.1 Å². The molecule has 0 unspecified atom stereocenters. The van der Waals surface area contributed by atoms with Crippen LogP contribution in [-0.2, 0) is 12.8 Å². The zero-order chi connectivity index (χ0) is 31.8. The summed E-state index contributed by atoms with van der Waals surface area (Å²) in [6.45, 7) is 4.22. The van der Waals surface area contributed by atoms with E-state index in [4.69, 9.17) is 5.21 Å². The van der Waals surface area contributed by atoms with E-state index in [-0.39, 0.29) is 17.2 Å². The largest absolute Gasteiger partial charge is 0.410 e. The molecular weight excluding hydrogens is 552 g/mol. The summed E-state index contributed by atoms with van der Waals surface area (Å²) in [5.41, 5.74) is 5.27. The second-order valence-corrected chi connectivity index (χ2v) is 9.28. The lowest BCUT2D eigenvalue weighted by atomic mass is 10.00. The van der Waals surface area contributed by atoms with Crippen LogP contribution in [0, 0.1) is 20.2 Å². The Morgan fingerprint density at radius 2 is 0.930 bits per heavy atom. The number of hydrogen-bond acceptors (Lipinski definition) is 9. The van der Waals surface area contributed by atoms with Crippen molar-refractivity contribution in [3.05, 3.63) is 151 Å². The van der Waals surface area contributed by atoms with Gasteiger partial charge in [-0.05, 0) is 48.2 Å². The molecule has 0 atom stereocenters. The van der Waals surface area contributed by atoms with Crippen LogP contribution in [0.2, 0.25) is 0 Å².